The maximum atomic E-state index is 13.0. The van der Waals surface area contributed by atoms with Crippen molar-refractivity contribution in [3.8, 4) is 0 Å². The van der Waals surface area contributed by atoms with Gasteiger partial charge < -0.3 is 15.7 Å². The molecule has 5 aliphatic carbocycles. The molecule has 29 heavy (non-hydrogen) atoms. The molecule has 3 N–H and O–H groups in total. The standard InChI is InChI=1S/C23H28N2O4/c26-19(25-23(5-6-23)21(28)29)18-3-1-14(2-4-18)13-24-20(27)22-10-15-7-16(11-22)9-17(8-15)12-22/h1-4,15-17H,5-13H2,(H,24,27)(H,25,26)(H,28,29). The summed E-state index contributed by atoms with van der Waals surface area (Å²) in [6.45, 7) is 0.460. The van der Waals surface area contributed by atoms with Gasteiger partial charge in [0.2, 0.25) is 5.91 Å². The first-order valence-corrected chi connectivity index (χ1v) is 10.8. The van der Waals surface area contributed by atoms with Gasteiger partial charge in [0.05, 0.1) is 0 Å². The Morgan fingerprint density at radius 2 is 1.48 bits per heavy atom. The third-order valence-corrected chi connectivity index (χ3v) is 7.70. The minimum absolute atomic E-state index is 0.149. The Kier molecular flexibility index (Phi) is 4.23. The zero-order valence-corrected chi connectivity index (χ0v) is 16.6. The molecule has 6 nitrogen and oxygen atoms in total. The second-order valence-corrected chi connectivity index (χ2v) is 9.92. The number of aliphatic carboxylic acids is 1. The molecule has 0 saturated heterocycles. The number of benzene rings is 1. The lowest BCUT2D eigenvalue weighted by Gasteiger charge is -2.55. The van der Waals surface area contributed by atoms with E-state index < -0.39 is 11.5 Å². The Bertz CT molecular complexity index is 821. The second kappa shape index (κ2) is 6.57. The van der Waals surface area contributed by atoms with Crippen LogP contribution in [0.15, 0.2) is 24.3 Å². The van der Waals surface area contributed by atoms with E-state index in [0.717, 1.165) is 42.6 Å². The minimum Gasteiger partial charge on any atom is -0.480 e. The molecule has 4 bridgehead atoms. The van der Waals surface area contributed by atoms with Gasteiger partial charge in [0.1, 0.15) is 5.54 Å². The predicted molar refractivity (Wildman–Crippen MR) is 106 cm³/mol. The normalized spacial score (nSPS) is 33.2. The lowest BCUT2D eigenvalue weighted by Crippen LogP contribution is -2.53. The van der Waals surface area contributed by atoms with Crippen molar-refractivity contribution in [2.45, 2.75) is 63.5 Å². The van der Waals surface area contributed by atoms with Crippen LogP contribution in [0, 0.1) is 23.2 Å². The fourth-order valence-electron chi connectivity index (χ4n) is 6.34. The monoisotopic (exact) mass is 396 g/mol. The van der Waals surface area contributed by atoms with Gasteiger partial charge in [-0.1, -0.05) is 12.1 Å². The maximum absolute atomic E-state index is 13.0. The first-order chi connectivity index (χ1) is 13.9. The molecular formula is C23H28N2O4. The minimum atomic E-state index is -1.08. The van der Waals surface area contributed by atoms with Crippen molar-refractivity contribution in [1.82, 2.24) is 10.6 Å². The second-order valence-electron chi connectivity index (χ2n) is 9.92. The van der Waals surface area contributed by atoms with Crippen molar-refractivity contribution in [2.75, 3.05) is 0 Å². The number of hydrogen-bond acceptors (Lipinski definition) is 3. The van der Waals surface area contributed by atoms with Crippen LogP contribution in [0.3, 0.4) is 0 Å². The Hall–Kier alpha value is -2.37. The Labute approximate surface area is 170 Å². The number of hydrogen-bond donors (Lipinski definition) is 3. The number of amides is 2. The smallest absolute Gasteiger partial charge is 0.329 e. The molecule has 0 atom stereocenters. The summed E-state index contributed by atoms with van der Waals surface area (Å²) >= 11 is 0. The van der Waals surface area contributed by atoms with Crippen molar-refractivity contribution in [1.29, 1.82) is 0 Å². The number of carbonyl (C=O) groups excluding carboxylic acids is 2. The third-order valence-electron chi connectivity index (χ3n) is 7.70. The van der Waals surface area contributed by atoms with E-state index in [-0.39, 0.29) is 17.2 Å². The van der Waals surface area contributed by atoms with Crippen LogP contribution in [-0.4, -0.2) is 28.4 Å². The third kappa shape index (κ3) is 3.32. The van der Waals surface area contributed by atoms with Crippen molar-refractivity contribution < 1.29 is 19.5 Å². The number of nitrogens with one attached hydrogen (secondary N) is 2. The molecule has 2 amide bonds. The number of carboxylic acids is 1. The molecule has 1 aromatic carbocycles. The molecule has 1 aromatic rings. The first-order valence-electron chi connectivity index (χ1n) is 10.8. The Balaban J connectivity index is 1.18. The van der Waals surface area contributed by atoms with Crippen LogP contribution in [0.2, 0.25) is 0 Å². The predicted octanol–water partition coefficient (Wildman–Crippen LogP) is 2.87. The van der Waals surface area contributed by atoms with Gasteiger partial charge in [-0.2, -0.15) is 0 Å². The van der Waals surface area contributed by atoms with Crippen LogP contribution in [0.4, 0.5) is 0 Å². The SMILES string of the molecule is O=C(NC1(C(=O)O)CC1)c1ccc(CNC(=O)C23CC4CC(CC(C4)C2)C3)cc1. The van der Waals surface area contributed by atoms with Gasteiger partial charge in [0, 0.05) is 17.5 Å². The lowest BCUT2D eigenvalue weighted by molar-refractivity contribution is -0.146. The average Bonchev–Trinajstić information content (AvgIpc) is 3.46. The molecule has 154 valence electrons. The van der Waals surface area contributed by atoms with Crippen LogP contribution in [0.1, 0.15) is 67.3 Å². The fraction of sp³-hybridized carbons (Fsp3) is 0.609. The summed E-state index contributed by atoms with van der Waals surface area (Å²) in [6.07, 6.45) is 8.06. The van der Waals surface area contributed by atoms with Gasteiger partial charge in [-0.3, -0.25) is 9.59 Å². The van der Waals surface area contributed by atoms with Crippen molar-refractivity contribution in [2.24, 2.45) is 23.2 Å². The summed E-state index contributed by atoms with van der Waals surface area (Å²) in [5, 5.41) is 15.0. The summed E-state index contributed by atoms with van der Waals surface area (Å²) in [6, 6.07) is 7.05. The van der Waals surface area contributed by atoms with Crippen LogP contribution >= 0.6 is 0 Å². The highest BCUT2D eigenvalue weighted by atomic mass is 16.4. The summed E-state index contributed by atoms with van der Waals surface area (Å²) in [7, 11) is 0. The highest BCUT2D eigenvalue weighted by Gasteiger charge is 2.54. The molecular weight excluding hydrogens is 368 g/mol. The molecule has 0 spiro atoms. The highest BCUT2D eigenvalue weighted by molar-refractivity contribution is 5.98. The van der Waals surface area contributed by atoms with Crippen molar-refractivity contribution >= 4 is 17.8 Å². The van der Waals surface area contributed by atoms with E-state index >= 15 is 0 Å². The zero-order chi connectivity index (χ0) is 20.2. The summed E-state index contributed by atoms with van der Waals surface area (Å²) < 4.78 is 0. The van der Waals surface area contributed by atoms with E-state index in [9.17, 15) is 19.5 Å². The zero-order valence-electron chi connectivity index (χ0n) is 16.6. The van der Waals surface area contributed by atoms with E-state index in [1.807, 2.05) is 12.1 Å². The highest BCUT2D eigenvalue weighted by Crippen LogP contribution is 2.60. The number of carboxylic acid groups (broad SMARTS) is 1. The largest absolute Gasteiger partial charge is 0.480 e. The average molecular weight is 396 g/mol. The topological polar surface area (TPSA) is 95.5 Å². The summed E-state index contributed by atoms with van der Waals surface area (Å²) in [5.41, 5.74) is 0.152. The molecule has 0 radical (unpaired) electrons. The van der Waals surface area contributed by atoms with Crippen LogP contribution in [0.25, 0.3) is 0 Å². The Morgan fingerprint density at radius 1 is 0.931 bits per heavy atom. The van der Waals surface area contributed by atoms with E-state index in [1.54, 1.807) is 12.1 Å². The molecule has 6 rings (SSSR count). The number of carbonyl (C=O) groups is 3. The lowest BCUT2D eigenvalue weighted by atomic mass is 9.49. The molecule has 0 unspecified atom stereocenters. The fourth-order valence-corrected chi connectivity index (χ4v) is 6.34. The van der Waals surface area contributed by atoms with E-state index in [4.69, 9.17) is 0 Å². The molecule has 5 fully saturated rings. The van der Waals surface area contributed by atoms with Crippen LogP contribution in [-0.2, 0) is 16.1 Å². The quantitative estimate of drug-likeness (QED) is 0.689. The van der Waals surface area contributed by atoms with E-state index in [2.05, 4.69) is 10.6 Å². The molecule has 0 heterocycles. The molecule has 0 aliphatic heterocycles. The van der Waals surface area contributed by atoms with Gasteiger partial charge in [-0.05, 0) is 86.8 Å². The maximum Gasteiger partial charge on any atom is 0.329 e. The molecule has 6 heteroatoms. The van der Waals surface area contributed by atoms with Gasteiger partial charge in [-0.15, -0.1) is 0 Å². The summed E-state index contributed by atoms with van der Waals surface area (Å²) in [4.78, 5) is 36.6. The van der Waals surface area contributed by atoms with Crippen molar-refractivity contribution in [3.63, 3.8) is 0 Å². The molecule has 5 aliphatic rings. The van der Waals surface area contributed by atoms with Crippen LogP contribution in [0.5, 0.6) is 0 Å². The first kappa shape index (κ1) is 18.6. The van der Waals surface area contributed by atoms with Gasteiger partial charge in [-0.25, -0.2) is 4.79 Å². The molecule has 0 aromatic heterocycles. The summed E-state index contributed by atoms with van der Waals surface area (Å²) in [5.74, 6) is 1.08. The number of rotatable bonds is 6. The van der Waals surface area contributed by atoms with Gasteiger partial charge in [0.15, 0.2) is 0 Å². The van der Waals surface area contributed by atoms with E-state index in [0.29, 0.717) is 24.9 Å². The van der Waals surface area contributed by atoms with Gasteiger partial charge in [0.25, 0.3) is 5.91 Å². The molecule has 5 saturated carbocycles. The van der Waals surface area contributed by atoms with Gasteiger partial charge >= 0.3 is 5.97 Å². The van der Waals surface area contributed by atoms with E-state index in [1.165, 1.54) is 19.3 Å². The van der Waals surface area contributed by atoms with Crippen molar-refractivity contribution in [3.05, 3.63) is 35.4 Å². The van der Waals surface area contributed by atoms with Crippen LogP contribution < -0.4 is 10.6 Å². The Morgan fingerprint density at radius 3 is 1.97 bits per heavy atom.